The second-order valence-electron chi connectivity index (χ2n) is 5.14. The van der Waals surface area contributed by atoms with E-state index in [9.17, 15) is 0 Å². The second kappa shape index (κ2) is 8.12. The lowest BCUT2D eigenvalue weighted by Gasteiger charge is -2.18. The van der Waals surface area contributed by atoms with E-state index >= 15 is 0 Å². The predicted octanol–water partition coefficient (Wildman–Crippen LogP) is 3.00. The van der Waals surface area contributed by atoms with Gasteiger partial charge in [0, 0.05) is 10.6 Å². The molecule has 1 aliphatic heterocycles. The Hall–Kier alpha value is -1.26. The van der Waals surface area contributed by atoms with Gasteiger partial charge in [-0.25, -0.2) is 0 Å². The number of hydrogen-bond donors (Lipinski definition) is 1. The average Bonchev–Trinajstić information content (AvgIpc) is 2.69. The van der Waals surface area contributed by atoms with Gasteiger partial charge in [-0.2, -0.15) is 0 Å². The van der Waals surface area contributed by atoms with E-state index in [-0.39, 0.29) is 0 Å². The summed E-state index contributed by atoms with van der Waals surface area (Å²) in [7, 11) is 0. The minimum atomic E-state index is 0.348. The SMILES string of the molecule is NC(CN1CCCCCC1)=NOCc1ccccc1Cl. The van der Waals surface area contributed by atoms with Gasteiger partial charge in [0.25, 0.3) is 0 Å². The number of hydrogen-bond acceptors (Lipinski definition) is 3. The summed E-state index contributed by atoms with van der Waals surface area (Å²) < 4.78 is 0. The molecule has 1 aliphatic rings. The molecule has 1 heterocycles. The molecular weight excluding hydrogens is 274 g/mol. The molecule has 1 saturated heterocycles. The first-order valence-electron chi connectivity index (χ1n) is 7.16. The molecule has 4 nitrogen and oxygen atoms in total. The molecule has 0 bridgehead atoms. The van der Waals surface area contributed by atoms with E-state index in [0.29, 0.717) is 24.0 Å². The zero-order chi connectivity index (χ0) is 14.2. The van der Waals surface area contributed by atoms with Crippen molar-refractivity contribution in [2.24, 2.45) is 10.9 Å². The van der Waals surface area contributed by atoms with Gasteiger partial charge >= 0.3 is 0 Å². The minimum Gasteiger partial charge on any atom is -0.389 e. The monoisotopic (exact) mass is 295 g/mol. The van der Waals surface area contributed by atoms with Gasteiger partial charge < -0.3 is 10.6 Å². The molecule has 5 heteroatoms. The van der Waals surface area contributed by atoms with E-state index < -0.39 is 0 Å². The predicted molar refractivity (Wildman–Crippen MR) is 82.8 cm³/mol. The molecule has 1 aromatic rings. The molecule has 1 fully saturated rings. The Morgan fingerprint density at radius 3 is 2.60 bits per heavy atom. The zero-order valence-electron chi connectivity index (χ0n) is 11.7. The van der Waals surface area contributed by atoms with Crippen LogP contribution in [0.3, 0.4) is 0 Å². The van der Waals surface area contributed by atoms with E-state index in [1.165, 1.54) is 25.7 Å². The lowest BCUT2D eigenvalue weighted by Crippen LogP contribution is -2.34. The third-order valence-corrected chi connectivity index (χ3v) is 3.81. The quantitative estimate of drug-likeness (QED) is 0.516. The molecule has 0 unspecified atom stereocenters. The molecule has 0 aromatic heterocycles. The van der Waals surface area contributed by atoms with Gasteiger partial charge in [0.2, 0.25) is 0 Å². The zero-order valence-corrected chi connectivity index (χ0v) is 12.5. The van der Waals surface area contributed by atoms with Crippen molar-refractivity contribution in [3.8, 4) is 0 Å². The minimum absolute atomic E-state index is 0.348. The van der Waals surface area contributed by atoms with Crippen molar-refractivity contribution in [3.63, 3.8) is 0 Å². The topological polar surface area (TPSA) is 50.8 Å². The fraction of sp³-hybridized carbons (Fsp3) is 0.533. The Labute approximate surface area is 125 Å². The number of likely N-dealkylation sites (tertiary alicyclic amines) is 1. The van der Waals surface area contributed by atoms with Crippen LogP contribution in [-0.4, -0.2) is 30.4 Å². The highest BCUT2D eigenvalue weighted by Crippen LogP contribution is 2.15. The van der Waals surface area contributed by atoms with Gasteiger partial charge in [-0.15, -0.1) is 0 Å². The standard InChI is InChI=1S/C15H22ClN3O/c16-14-8-4-3-7-13(14)12-20-18-15(17)11-19-9-5-1-2-6-10-19/h3-4,7-8H,1-2,5-6,9-12H2,(H2,17,18). The normalized spacial score (nSPS) is 17.8. The fourth-order valence-electron chi connectivity index (χ4n) is 2.35. The van der Waals surface area contributed by atoms with E-state index in [1.54, 1.807) is 0 Å². The molecule has 110 valence electrons. The number of nitrogens with zero attached hydrogens (tertiary/aromatic N) is 2. The van der Waals surface area contributed by atoms with Crippen LogP contribution in [0.2, 0.25) is 5.02 Å². The van der Waals surface area contributed by atoms with Gasteiger partial charge in [0.05, 0.1) is 6.54 Å². The molecule has 20 heavy (non-hydrogen) atoms. The van der Waals surface area contributed by atoms with Gasteiger partial charge in [0.1, 0.15) is 6.61 Å². The highest BCUT2D eigenvalue weighted by atomic mass is 35.5. The first kappa shape index (κ1) is 15.1. The van der Waals surface area contributed by atoms with Gasteiger partial charge in [0.15, 0.2) is 5.84 Å². The van der Waals surface area contributed by atoms with Crippen LogP contribution in [0.15, 0.2) is 29.4 Å². The van der Waals surface area contributed by atoms with Crippen LogP contribution < -0.4 is 5.73 Å². The number of rotatable bonds is 5. The summed E-state index contributed by atoms with van der Waals surface area (Å²) in [6.07, 6.45) is 5.12. The number of benzene rings is 1. The summed E-state index contributed by atoms with van der Waals surface area (Å²) in [4.78, 5) is 7.62. The van der Waals surface area contributed by atoms with Crippen LogP contribution in [0.4, 0.5) is 0 Å². The van der Waals surface area contributed by atoms with Crippen LogP contribution in [0, 0.1) is 0 Å². The van der Waals surface area contributed by atoms with E-state index in [2.05, 4.69) is 10.1 Å². The average molecular weight is 296 g/mol. The van der Waals surface area contributed by atoms with Gasteiger partial charge in [-0.05, 0) is 32.0 Å². The fourth-order valence-corrected chi connectivity index (χ4v) is 2.54. The van der Waals surface area contributed by atoms with E-state index in [1.807, 2.05) is 24.3 Å². The van der Waals surface area contributed by atoms with Crippen LogP contribution in [0.5, 0.6) is 0 Å². The first-order chi connectivity index (χ1) is 9.75. The molecule has 0 radical (unpaired) electrons. The highest BCUT2D eigenvalue weighted by molar-refractivity contribution is 6.31. The van der Waals surface area contributed by atoms with Crippen molar-refractivity contribution < 1.29 is 4.84 Å². The van der Waals surface area contributed by atoms with Gasteiger partial charge in [-0.1, -0.05) is 47.8 Å². The molecule has 2 N–H and O–H groups in total. The lowest BCUT2D eigenvalue weighted by molar-refractivity contribution is 0.128. The summed E-state index contributed by atoms with van der Waals surface area (Å²) in [5.74, 6) is 0.527. The molecule has 0 spiro atoms. The molecule has 0 saturated carbocycles. The summed E-state index contributed by atoms with van der Waals surface area (Å²) >= 11 is 6.05. The maximum Gasteiger partial charge on any atom is 0.153 e. The number of nitrogens with two attached hydrogens (primary N) is 1. The molecule has 0 atom stereocenters. The molecule has 1 aromatic carbocycles. The first-order valence-corrected chi connectivity index (χ1v) is 7.53. The van der Waals surface area contributed by atoms with Crippen molar-refractivity contribution in [1.29, 1.82) is 0 Å². The maximum atomic E-state index is 6.05. The molecule has 0 amide bonds. The molecule has 2 rings (SSSR count). The van der Waals surface area contributed by atoms with Crippen LogP contribution in [0.1, 0.15) is 31.2 Å². The third-order valence-electron chi connectivity index (χ3n) is 3.44. The van der Waals surface area contributed by atoms with Crippen molar-refractivity contribution >= 4 is 17.4 Å². The Morgan fingerprint density at radius 2 is 1.90 bits per heavy atom. The highest BCUT2D eigenvalue weighted by Gasteiger charge is 2.10. The summed E-state index contributed by atoms with van der Waals surface area (Å²) in [5.41, 5.74) is 6.83. The van der Waals surface area contributed by atoms with Crippen molar-refractivity contribution in [1.82, 2.24) is 4.90 Å². The Kier molecular flexibility index (Phi) is 6.15. The smallest absolute Gasteiger partial charge is 0.153 e. The molecular formula is C15H22ClN3O. The van der Waals surface area contributed by atoms with E-state index in [4.69, 9.17) is 22.2 Å². The number of halogens is 1. The summed E-state index contributed by atoms with van der Waals surface area (Å²) in [6, 6.07) is 7.57. The Morgan fingerprint density at radius 1 is 1.20 bits per heavy atom. The lowest BCUT2D eigenvalue weighted by atomic mass is 10.2. The van der Waals surface area contributed by atoms with E-state index in [0.717, 1.165) is 18.7 Å². The Bertz CT molecular complexity index is 442. The van der Waals surface area contributed by atoms with Crippen LogP contribution in [-0.2, 0) is 11.4 Å². The van der Waals surface area contributed by atoms with Crippen molar-refractivity contribution in [2.45, 2.75) is 32.3 Å². The van der Waals surface area contributed by atoms with Gasteiger partial charge in [-0.3, -0.25) is 4.90 Å². The molecule has 0 aliphatic carbocycles. The maximum absolute atomic E-state index is 6.05. The Balaban J connectivity index is 1.77. The van der Waals surface area contributed by atoms with Crippen LogP contribution in [0.25, 0.3) is 0 Å². The van der Waals surface area contributed by atoms with Crippen LogP contribution >= 0.6 is 11.6 Å². The third kappa shape index (κ3) is 5.02. The number of oxime groups is 1. The summed E-state index contributed by atoms with van der Waals surface area (Å²) in [6.45, 7) is 3.23. The summed E-state index contributed by atoms with van der Waals surface area (Å²) in [5, 5.41) is 4.67. The second-order valence-corrected chi connectivity index (χ2v) is 5.55. The van der Waals surface area contributed by atoms with Crippen molar-refractivity contribution in [2.75, 3.05) is 19.6 Å². The van der Waals surface area contributed by atoms with Crippen molar-refractivity contribution in [3.05, 3.63) is 34.9 Å². The number of amidine groups is 1. The largest absolute Gasteiger partial charge is 0.389 e.